The predicted molar refractivity (Wildman–Crippen MR) is 121 cm³/mol. The Morgan fingerprint density at radius 1 is 1.23 bits per heavy atom. The third kappa shape index (κ3) is 4.32. The first kappa shape index (κ1) is 22.2. The number of halogens is 1. The zero-order valence-electron chi connectivity index (χ0n) is 17.3. The number of amides is 1. The number of nitrogens with one attached hydrogen (secondary N) is 1. The Hall–Kier alpha value is -2.51. The van der Waals surface area contributed by atoms with Crippen LogP contribution < -0.4 is 5.32 Å². The smallest absolute Gasteiger partial charge is 0.325 e. The number of carbonyl (C=O) groups is 2. The second-order valence-corrected chi connectivity index (χ2v) is 9.46. The molecule has 0 bridgehead atoms. The molecule has 1 aromatic heterocycles. The molecule has 158 valence electrons. The summed E-state index contributed by atoms with van der Waals surface area (Å²) in [4.78, 5) is 28.2. The molecule has 0 radical (unpaired) electrons. The highest BCUT2D eigenvalue weighted by molar-refractivity contribution is 8.01. The third-order valence-electron chi connectivity index (χ3n) is 4.91. The number of carboxylic acid groups (broad SMARTS) is 1. The standard InChI is InChI=1S/C22H24ClN3O3S/c1-5-14-10-11-17(16-9-7-6-8-15(14)16)26-18(23)12-24-21(26)30-22(3,4)20(29)25-13(2)19(27)28/h6-13H,5H2,1-4H3,(H,25,29)(H,27,28). The number of hydrogen-bond acceptors (Lipinski definition) is 4. The van der Waals surface area contributed by atoms with Gasteiger partial charge in [0.2, 0.25) is 5.91 Å². The number of rotatable bonds is 7. The first-order valence-corrected chi connectivity index (χ1v) is 10.8. The van der Waals surface area contributed by atoms with Crippen LogP contribution in [0.2, 0.25) is 5.15 Å². The minimum atomic E-state index is -1.09. The van der Waals surface area contributed by atoms with Gasteiger partial charge in [-0.1, -0.05) is 60.6 Å². The molecule has 0 saturated carbocycles. The van der Waals surface area contributed by atoms with Crippen LogP contribution in [0.15, 0.2) is 47.8 Å². The molecular formula is C22H24ClN3O3S. The van der Waals surface area contributed by atoms with E-state index in [-0.39, 0.29) is 5.91 Å². The second-order valence-electron chi connectivity index (χ2n) is 7.49. The topological polar surface area (TPSA) is 84.2 Å². The number of aryl methyl sites for hydroxylation is 1. The van der Waals surface area contributed by atoms with E-state index in [0.717, 1.165) is 22.9 Å². The molecule has 0 aliphatic rings. The van der Waals surface area contributed by atoms with Crippen LogP contribution in [0.3, 0.4) is 0 Å². The van der Waals surface area contributed by atoms with E-state index in [9.17, 15) is 9.59 Å². The van der Waals surface area contributed by atoms with Gasteiger partial charge in [-0.15, -0.1) is 0 Å². The van der Waals surface area contributed by atoms with Gasteiger partial charge < -0.3 is 10.4 Å². The predicted octanol–water partition coefficient (Wildman–Crippen LogP) is 4.70. The molecule has 30 heavy (non-hydrogen) atoms. The Morgan fingerprint density at radius 3 is 2.53 bits per heavy atom. The van der Waals surface area contributed by atoms with Crippen LogP contribution >= 0.6 is 23.4 Å². The van der Waals surface area contributed by atoms with Gasteiger partial charge in [0.05, 0.1) is 16.6 Å². The Kier molecular flexibility index (Phi) is 6.43. The molecule has 0 saturated heterocycles. The van der Waals surface area contributed by atoms with Crippen molar-refractivity contribution in [2.75, 3.05) is 0 Å². The number of carbonyl (C=O) groups excluding carboxylic acids is 1. The number of aliphatic carboxylic acids is 1. The van der Waals surface area contributed by atoms with Crippen molar-refractivity contribution < 1.29 is 14.7 Å². The van der Waals surface area contributed by atoms with Crippen LogP contribution in [0, 0.1) is 0 Å². The van der Waals surface area contributed by atoms with Crippen LogP contribution in [0.4, 0.5) is 0 Å². The maximum absolute atomic E-state index is 12.7. The number of thioether (sulfide) groups is 1. The molecule has 3 aromatic rings. The van der Waals surface area contributed by atoms with E-state index >= 15 is 0 Å². The Labute approximate surface area is 184 Å². The SMILES string of the molecule is CCc1ccc(-n2c(Cl)cnc2SC(C)(C)C(=O)NC(C)C(=O)O)c2ccccc12. The molecule has 0 fully saturated rings. The van der Waals surface area contributed by atoms with E-state index in [1.165, 1.54) is 24.2 Å². The second kappa shape index (κ2) is 8.70. The highest BCUT2D eigenvalue weighted by atomic mass is 35.5. The summed E-state index contributed by atoms with van der Waals surface area (Å²) in [5.41, 5.74) is 2.12. The van der Waals surface area contributed by atoms with Gasteiger partial charge in [0.25, 0.3) is 0 Å². The van der Waals surface area contributed by atoms with Crippen molar-refractivity contribution in [2.45, 2.75) is 50.1 Å². The van der Waals surface area contributed by atoms with Crippen molar-refractivity contribution in [1.82, 2.24) is 14.9 Å². The average molecular weight is 446 g/mol. The number of fused-ring (bicyclic) bond motifs is 1. The largest absolute Gasteiger partial charge is 0.480 e. The van der Waals surface area contributed by atoms with Crippen molar-refractivity contribution in [3.05, 3.63) is 53.3 Å². The van der Waals surface area contributed by atoms with Crippen molar-refractivity contribution in [3.63, 3.8) is 0 Å². The summed E-state index contributed by atoms with van der Waals surface area (Å²) in [6.07, 6.45) is 2.47. The van der Waals surface area contributed by atoms with Crippen LogP contribution in [-0.2, 0) is 16.0 Å². The molecule has 1 heterocycles. The van der Waals surface area contributed by atoms with Gasteiger partial charge in [0.15, 0.2) is 5.16 Å². The lowest BCUT2D eigenvalue weighted by molar-refractivity contribution is -0.141. The first-order valence-electron chi connectivity index (χ1n) is 9.62. The molecule has 1 unspecified atom stereocenters. The zero-order chi connectivity index (χ0) is 22.1. The Balaban J connectivity index is 2.02. The van der Waals surface area contributed by atoms with Crippen LogP contribution in [-0.4, -0.2) is 37.3 Å². The summed E-state index contributed by atoms with van der Waals surface area (Å²) in [7, 11) is 0. The minimum absolute atomic E-state index is 0.390. The summed E-state index contributed by atoms with van der Waals surface area (Å²) in [6, 6.07) is 11.2. The van der Waals surface area contributed by atoms with Gasteiger partial charge in [-0.25, -0.2) is 4.98 Å². The van der Waals surface area contributed by atoms with E-state index in [4.69, 9.17) is 16.7 Å². The van der Waals surface area contributed by atoms with Gasteiger partial charge in [-0.2, -0.15) is 0 Å². The van der Waals surface area contributed by atoms with Gasteiger partial charge in [0, 0.05) is 5.39 Å². The van der Waals surface area contributed by atoms with E-state index in [1.54, 1.807) is 20.0 Å². The maximum Gasteiger partial charge on any atom is 0.325 e. The monoisotopic (exact) mass is 445 g/mol. The van der Waals surface area contributed by atoms with E-state index < -0.39 is 16.8 Å². The Morgan fingerprint density at radius 2 is 1.90 bits per heavy atom. The number of imidazole rings is 1. The fraction of sp³-hybridized carbons (Fsp3) is 0.318. The molecule has 6 nitrogen and oxygen atoms in total. The molecule has 1 atom stereocenters. The molecule has 0 aliphatic carbocycles. The van der Waals surface area contributed by atoms with Crippen molar-refractivity contribution in [3.8, 4) is 5.69 Å². The molecule has 2 N–H and O–H groups in total. The quantitative estimate of drug-likeness (QED) is 0.515. The number of carboxylic acids is 1. The fourth-order valence-electron chi connectivity index (χ4n) is 3.16. The number of aromatic nitrogens is 2. The fourth-order valence-corrected chi connectivity index (χ4v) is 4.43. The van der Waals surface area contributed by atoms with Crippen molar-refractivity contribution >= 4 is 46.0 Å². The summed E-state index contributed by atoms with van der Waals surface area (Å²) in [5.74, 6) is -1.48. The lowest BCUT2D eigenvalue weighted by Crippen LogP contribution is -2.47. The van der Waals surface area contributed by atoms with Crippen LogP contribution in [0.25, 0.3) is 16.5 Å². The molecule has 1 amide bonds. The number of nitrogens with zero attached hydrogens (tertiary/aromatic N) is 2. The van der Waals surface area contributed by atoms with Gasteiger partial charge in [0.1, 0.15) is 11.2 Å². The molecule has 0 aliphatic heterocycles. The zero-order valence-corrected chi connectivity index (χ0v) is 18.8. The van der Waals surface area contributed by atoms with E-state index in [2.05, 4.69) is 29.4 Å². The van der Waals surface area contributed by atoms with Gasteiger partial charge in [-0.3, -0.25) is 14.2 Å². The number of hydrogen-bond donors (Lipinski definition) is 2. The van der Waals surface area contributed by atoms with Crippen LogP contribution in [0.5, 0.6) is 0 Å². The summed E-state index contributed by atoms with van der Waals surface area (Å²) in [6.45, 7) is 7.01. The normalized spacial score (nSPS) is 12.7. The van der Waals surface area contributed by atoms with Gasteiger partial charge >= 0.3 is 5.97 Å². The highest BCUT2D eigenvalue weighted by Crippen LogP contribution is 2.37. The molecule has 8 heteroatoms. The van der Waals surface area contributed by atoms with E-state index in [1.807, 2.05) is 28.8 Å². The Bertz CT molecular complexity index is 1110. The van der Waals surface area contributed by atoms with Gasteiger partial charge in [-0.05, 0) is 44.2 Å². The minimum Gasteiger partial charge on any atom is -0.480 e. The highest BCUT2D eigenvalue weighted by Gasteiger charge is 2.33. The molecular weight excluding hydrogens is 422 g/mol. The van der Waals surface area contributed by atoms with Crippen LogP contribution in [0.1, 0.15) is 33.3 Å². The molecule has 0 spiro atoms. The lowest BCUT2D eigenvalue weighted by Gasteiger charge is -2.24. The summed E-state index contributed by atoms with van der Waals surface area (Å²) < 4.78 is 0.860. The third-order valence-corrected chi connectivity index (χ3v) is 6.34. The molecule has 3 rings (SSSR count). The van der Waals surface area contributed by atoms with Crippen molar-refractivity contribution in [1.29, 1.82) is 0 Å². The lowest BCUT2D eigenvalue weighted by atomic mass is 10.0. The summed E-state index contributed by atoms with van der Waals surface area (Å²) in [5, 5.41) is 14.8. The van der Waals surface area contributed by atoms with E-state index in [0.29, 0.717) is 10.3 Å². The average Bonchev–Trinajstić information content (AvgIpc) is 3.06. The molecule has 2 aromatic carbocycles. The first-order chi connectivity index (χ1) is 14.2. The van der Waals surface area contributed by atoms with Crippen molar-refractivity contribution in [2.24, 2.45) is 0 Å². The summed E-state index contributed by atoms with van der Waals surface area (Å²) >= 11 is 7.73. The number of benzene rings is 2. The maximum atomic E-state index is 12.7.